The number of carboxylic acid groups (broad SMARTS) is 1. The second kappa shape index (κ2) is 5.55. The smallest absolute Gasteiger partial charge is 0.329 e. The third-order valence-electron chi connectivity index (χ3n) is 3.52. The predicted molar refractivity (Wildman–Crippen MR) is 80.1 cm³/mol. The van der Waals surface area contributed by atoms with Crippen molar-refractivity contribution in [3.63, 3.8) is 0 Å². The monoisotopic (exact) mass is 392 g/mol. The highest BCUT2D eigenvalue weighted by Crippen LogP contribution is 2.30. The number of nitrogens with one attached hydrogen (secondary N) is 1. The number of anilines is 1. The summed E-state index contributed by atoms with van der Waals surface area (Å²) in [6.45, 7) is 1.93. The first-order chi connectivity index (χ1) is 9.34. The summed E-state index contributed by atoms with van der Waals surface area (Å²) in [5.74, 6) is -1.40. The van der Waals surface area contributed by atoms with Crippen LogP contribution < -0.4 is 5.32 Å². The standard InChI is InChI=1S/C13H14FIN2O3/c1-13(11(18)19)5-2-6-17(13)12(20)16-10-4-3-8(14)7-9(10)15/h3-4,7H,2,5-6H2,1H3,(H,16,20)(H,18,19). The zero-order valence-electron chi connectivity index (χ0n) is 10.8. The topological polar surface area (TPSA) is 69.6 Å². The summed E-state index contributed by atoms with van der Waals surface area (Å²) in [7, 11) is 0. The molecule has 0 saturated carbocycles. The van der Waals surface area contributed by atoms with E-state index in [2.05, 4.69) is 5.32 Å². The van der Waals surface area contributed by atoms with E-state index in [-0.39, 0.29) is 5.82 Å². The highest BCUT2D eigenvalue weighted by atomic mass is 127. The summed E-state index contributed by atoms with van der Waals surface area (Å²) >= 11 is 1.92. The number of likely N-dealkylation sites (tertiary alicyclic amines) is 1. The molecule has 108 valence electrons. The molecule has 1 aliphatic rings. The Morgan fingerprint density at radius 1 is 1.50 bits per heavy atom. The highest BCUT2D eigenvalue weighted by Gasteiger charge is 2.46. The van der Waals surface area contributed by atoms with Gasteiger partial charge >= 0.3 is 12.0 Å². The minimum atomic E-state index is -1.18. The lowest BCUT2D eigenvalue weighted by atomic mass is 10.00. The molecule has 0 aromatic heterocycles. The van der Waals surface area contributed by atoms with Gasteiger partial charge in [-0.05, 0) is 60.6 Å². The maximum Gasteiger partial charge on any atom is 0.329 e. The Bertz CT molecular complexity index is 567. The molecule has 0 radical (unpaired) electrons. The quantitative estimate of drug-likeness (QED) is 0.761. The SMILES string of the molecule is CC1(C(=O)O)CCCN1C(=O)Nc1ccc(F)cc1I. The fourth-order valence-electron chi connectivity index (χ4n) is 2.28. The zero-order chi connectivity index (χ0) is 14.9. The molecule has 2 amide bonds. The summed E-state index contributed by atoms with van der Waals surface area (Å²) in [5.41, 5.74) is -0.716. The lowest BCUT2D eigenvalue weighted by molar-refractivity contribution is -0.146. The van der Waals surface area contributed by atoms with Crippen LogP contribution in [0.1, 0.15) is 19.8 Å². The average molecular weight is 392 g/mol. The van der Waals surface area contributed by atoms with Crippen molar-refractivity contribution in [1.82, 2.24) is 4.90 Å². The number of benzene rings is 1. The number of hydrogen-bond acceptors (Lipinski definition) is 2. The van der Waals surface area contributed by atoms with Crippen molar-refractivity contribution in [2.24, 2.45) is 0 Å². The van der Waals surface area contributed by atoms with Gasteiger partial charge in [0.25, 0.3) is 0 Å². The van der Waals surface area contributed by atoms with E-state index in [4.69, 9.17) is 0 Å². The van der Waals surface area contributed by atoms with Crippen LogP contribution in [0.25, 0.3) is 0 Å². The molecule has 1 atom stereocenters. The first-order valence-corrected chi connectivity index (χ1v) is 7.19. The molecule has 1 aromatic rings. The number of halogens is 2. The Balaban J connectivity index is 2.18. The molecule has 20 heavy (non-hydrogen) atoms. The van der Waals surface area contributed by atoms with E-state index in [1.165, 1.54) is 30.0 Å². The fourth-order valence-corrected chi connectivity index (χ4v) is 2.90. The summed E-state index contributed by atoms with van der Waals surface area (Å²) in [6.07, 6.45) is 1.08. The maximum absolute atomic E-state index is 13.0. The van der Waals surface area contributed by atoms with Crippen LogP contribution in [-0.4, -0.2) is 34.1 Å². The van der Waals surface area contributed by atoms with Gasteiger partial charge in [0.1, 0.15) is 11.4 Å². The van der Waals surface area contributed by atoms with Crippen LogP contribution in [0, 0.1) is 9.39 Å². The summed E-state index contributed by atoms with van der Waals surface area (Å²) in [4.78, 5) is 24.9. The van der Waals surface area contributed by atoms with Crippen molar-refractivity contribution in [2.75, 3.05) is 11.9 Å². The minimum absolute atomic E-state index is 0.385. The number of hydrogen-bond donors (Lipinski definition) is 2. The van der Waals surface area contributed by atoms with Crippen LogP contribution in [0.2, 0.25) is 0 Å². The van der Waals surface area contributed by atoms with Crippen molar-refractivity contribution in [2.45, 2.75) is 25.3 Å². The number of urea groups is 1. The largest absolute Gasteiger partial charge is 0.480 e. The minimum Gasteiger partial charge on any atom is -0.480 e. The van der Waals surface area contributed by atoms with Crippen LogP contribution in [0.15, 0.2) is 18.2 Å². The second-order valence-electron chi connectivity index (χ2n) is 4.89. The van der Waals surface area contributed by atoms with Crippen LogP contribution >= 0.6 is 22.6 Å². The molecular weight excluding hydrogens is 378 g/mol. The molecule has 1 fully saturated rings. The molecule has 0 bridgehead atoms. The van der Waals surface area contributed by atoms with Gasteiger partial charge < -0.3 is 15.3 Å². The Morgan fingerprint density at radius 2 is 2.20 bits per heavy atom. The number of nitrogens with zero attached hydrogens (tertiary/aromatic N) is 1. The summed E-state index contributed by atoms with van der Waals surface area (Å²) < 4.78 is 13.6. The summed E-state index contributed by atoms with van der Waals surface area (Å²) in [5, 5.41) is 11.9. The Labute approximate surface area is 129 Å². The van der Waals surface area contributed by atoms with Gasteiger partial charge in [0.15, 0.2) is 0 Å². The van der Waals surface area contributed by atoms with E-state index in [9.17, 15) is 19.1 Å². The first-order valence-electron chi connectivity index (χ1n) is 6.11. The van der Waals surface area contributed by atoms with E-state index in [1.807, 2.05) is 22.6 Å². The van der Waals surface area contributed by atoms with Crippen molar-refractivity contribution >= 4 is 40.3 Å². The fraction of sp³-hybridized carbons (Fsp3) is 0.385. The van der Waals surface area contributed by atoms with E-state index in [0.29, 0.717) is 28.6 Å². The number of aliphatic carboxylic acids is 1. The van der Waals surface area contributed by atoms with Crippen LogP contribution in [0.4, 0.5) is 14.9 Å². The Hall–Kier alpha value is -1.38. The van der Waals surface area contributed by atoms with E-state index in [0.717, 1.165) is 0 Å². The summed E-state index contributed by atoms with van der Waals surface area (Å²) in [6, 6.07) is 3.54. The predicted octanol–water partition coefficient (Wildman–Crippen LogP) is 2.90. The van der Waals surface area contributed by atoms with E-state index >= 15 is 0 Å². The van der Waals surface area contributed by atoms with Gasteiger partial charge in [-0.2, -0.15) is 0 Å². The zero-order valence-corrected chi connectivity index (χ0v) is 13.0. The molecule has 5 nitrogen and oxygen atoms in total. The van der Waals surface area contributed by atoms with Gasteiger partial charge in [-0.15, -0.1) is 0 Å². The molecule has 2 rings (SSSR count). The van der Waals surface area contributed by atoms with E-state index in [1.54, 1.807) is 0 Å². The molecule has 1 aliphatic heterocycles. The molecule has 7 heteroatoms. The number of carbonyl (C=O) groups excluding carboxylic acids is 1. The highest BCUT2D eigenvalue weighted by molar-refractivity contribution is 14.1. The lowest BCUT2D eigenvalue weighted by Gasteiger charge is -2.31. The van der Waals surface area contributed by atoms with Crippen LogP contribution in [-0.2, 0) is 4.79 Å². The van der Waals surface area contributed by atoms with Gasteiger partial charge in [0.05, 0.1) is 5.69 Å². The molecule has 1 aromatic carbocycles. The number of amides is 2. The van der Waals surface area contributed by atoms with Crippen molar-refractivity contribution in [1.29, 1.82) is 0 Å². The first kappa shape index (κ1) is 15.0. The van der Waals surface area contributed by atoms with Gasteiger partial charge in [0.2, 0.25) is 0 Å². The van der Waals surface area contributed by atoms with Crippen molar-refractivity contribution in [3.8, 4) is 0 Å². The third-order valence-corrected chi connectivity index (χ3v) is 4.41. The Morgan fingerprint density at radius 3 is 2.80 bits per heavy atom. The van der Waals surface area contributed by atoms with Crippen LogP contribution in [0.5, 0.6) is 0 Å². The lowest BCUT2D eigenvalue weighted by Crippen LogP contribution is -2.52. The molecule has 1 unspecified atom stereocenters. The van der Waals surface area contributed by atoms with Gasteiger partial charge in [0, 0.05) is 10.1 Å². The molecule has 1 heterocycles. The number of carbonyl (C=O) groups is 2. The Kier molecular flexibility index (Phi) is 4.17. The normalized spacial score (nSPS) is 21.9. The number of carboxylic acids is 1. The van der Waals surface area contributed by atoms with Gasteiger partial charge in [-0.1, -0.05) is 0 Å². The van der Waals surface area contributed by atoms with Gasteiger partial charge in [-0.3, -0.25) is 0 Å². The van der Waals surface area contributed by atoms with E-state index < -0.39 is 17.5 Å². The van der Waals surface area contributed by atoms with Crippen molar-refractivity contribution in [3.05, 3.63) is 27.6 Å². The third kappa shape index (κ3) is 2.72. The van der Waals surface area contributed by atoms with Gasteiger partial charge in [-0.25, -0.2) is 14.0 Å². The maximum atomic E-state index is 13.0. The molecule has 1 saturated heterocycles. The van der Waals surface area contributed by atoms with Crippen molar-refractivity contribution < 1.29 is 19.1 Å². The average Bonchev–Trinajstić information content (AvgIpc) is 2.76. The van der Waals surface area contributed by atoms with Crippen LogP contribution in [0.3, 0.4) is 0 Å². The molecule has 2 N–H and O–H groups in total. The number of rotatable bonds is 2. The second-order valence-corrected chi connectivity index (χ2v) is 6.05. The molecule has 0 spiro atoms. The molecular formula is C13H14FIN2O3. The molecule has 0 aliphatic carbocycles.